The summed E-state index contributed by atoms with van der Waals surface area (Å²) in [5.74, 6) is 1.40. The summed E-state index contributed by atoms with van der Waals surface area (Å²) >= 11 is 0. The highest BCUT2D eigenvalue weighted by atomic mass is 16.5. The average Bonchev–Trinajstić information content (AvgIpc) is 2.75. The molecule has 5 nitrogen and oxygen atoms in total. The summed E-state index contributed by atoms with van der Waals surface area (Å²) in [5.41, 5.74) is 0. The zero-order valence-electron chi connectivity index (χ0n) is 10.6. The molecule has 0 aromatic carbocycles. The molecule has 1 heterocycles. The van der Waals surface area contributed by atoms with Crippen LogP contribution in [0.25, 0.3) is 0 Å². The molecule has 1 aliphatic rings. The Kier molecular flexibility index (Phi) is 4.12. The molecule has 2 rings (SSSR count). The van der Waals surface area contributed by atoms with Crippen molar-refractivity contribution in [2.45, 2.75) is 44.1 Å². The quantitative estimate of drug-likeness (QED) is 0.855. The lowest BCUT2D eigenvalue weighted by atomic mass is 9.86. The minimum absolute atomic E-state index is 0.0457. The molecule has 1 fully saturated rings. The van der Waals surface area contributed by atoms with Crippen LogP contribution in [-0.2, 0) is 6.42 Å². The van der Waals surface area contributed by atoms with Crippen molar-refractivity contribution in [2.75, 3.05) is 20.6 Å². The van der Waals surface area contributed by atoms with Crippen molar-refractivity contribution in [1.29, 1.82) is 0 Å². The van der Waals surface area contributed by atoms with E-state index in [0.717, 1.165) is 44.5 Å². The third-order valence-corrected chi connectivity index (χ3v) is 3.31. The summed E-state index contributed by atoms with van der Waals surface area (Å²) in [6, 6.07) is 0. The molecule has 96 valence electrons. The molecule has 1 aromatic rings. The van der Waals surface area contributed by atoms with Gasteiger partial charge >= 0.3 is 0 Å². The minimum atomic E-state index is -0.314. The predicted octanol–water partition coefficient (Wildman–Crippen LogP) is 1.19. The van der Waals surface area contributed by atoms with E-state index in [1.807, 2.05) is 14.1 Å². The van der Waals surface area contributed by atoms with Gasteiger partial charge < -0.3 is 14.5 Å². The van der Waals surface area contributed by atoms with Crippen LogP contribution in [0.2, 0.25) is 0 Å². The van der Waals surface area contributed by atoms with Gasteiger partial charge in [-0.2, -0.15) is 4.98 Å². The first-order chi connectivity index (χ1) is 8.16. The topological polar surface area (TPSA) is 62.4 Å². The molecule has 0 saturated heterocycles. The van der Waals surface area contributed by atoms with Crippen molar-refractivity contribution in [1.82, 2.24) is 15.0 Å². The summed E-state index contributed by atoms with van der Waals surface area (Å²) in [5, 5.41) is 13.9. The summed E-state index contributed by atoms with van der Waals surface area (Å²) in [4.78, 5) is 6.48. The Morgan fingerprint density at radius 1 is 1.35 bits per heavy atom. The van der Waals surface area contributed by atoms with E-state index in [1.54, 1.807) is 0 Å². The van der Waals surface area contributed by atoms with Gasteiger partial charge in [-0.15, -0.1) is 0 Å². The molecular formula is C12H21N3O2. The standard InChI is InChI=1S/C12H21N3O2/c1-15(2)8-7-11-13-12(17-14-11)9-5-3-4-6-10(9)16/h9-10,16H,3-8H2,1-2H3. The third kappa shape index (κ3) is 3.26. The molecule has 0 spiro atoms. The Labute approximate surface area is 102 Å². The number of rotatable bonds is 4. The molecule has 0 radical (unpaired) electrons. The Balaban J connectivity index is 1.97. The smallest absolute Gasteiger partial charge is 0.232 e. The minimum Gasteiger partial charge on any atom is -0.392 e. The lowest BCUT2D eigenvalue weighted by Crippen LogP contribution is -2.22. The van der Waals surface area contributed by atoms with Gasteiger partial charge in [0.05, 0.1) is 12.0 Å². The highest BCUT2D eigenvalue weighted by Gasteiger charge is 2.29. The lowest BCUT2D eigenvalue weighted by molar-refractivity contribution is 0.0908. The second-order valence-corrected chi connectivity index (χ2v) is 5.06. The van der Waals surface area contributed by atoms with E-state index in [0.29, 0.717) is 5.89 Å². The number of likely N-dealkylation sites (N-methyl/N-ethyl adjacent to an activating group) is 1. The van der Waals surface area contributed by atoms with Gasteiger partial charge in [-0.3, -0.25) is 0 Å². The van der Waals surface area contributed by atoms with Crippen LogP contribution < -0.4 is 0 Å². The molecule has 17 heavy (non-hydrogen) atoms. The third-order valence-electron chi connectivity index (χ3n) is 3.31. The van der Waals surface area contributed by atoms with Gasteiger partial charge in [0, 0.05) is 13.0 Å². The van der Waals surface area contributed by atoms with Crippen molar-refractivity contribution in [3.05, 3.63) is 11.7 Å². The Bertz CT molecular complexity index is 351. The number of aliphatic hydroxyl groups excluding tert-OH is 1. The van der Waals surface area contributed by atoms with Gasteiger partial charge in [-0.25, -0.2) is 0 Å². The Morgan fingerprint density at radius 3 is 2.82 bits per heavy atom. The van der Waals surface area contributed by atoms with Gasteiger partial charge in [0.2, 0.25) is 5.89 Å². The second-order valence-electron chi connectivity index (χ2n) is 5.06. The van der Waals surface area contributed by atoms with Gasteiger partial charge in [0.15, 0.2) is 5.82 Å². The molecule has 5 heteroatoms. The van der Waals surface area contributed by atoms with Gasteiger partial charge in [0.1, 0.15) is 0 Å². The molecule has 2 atom stereocenters. The maximum absolute atomic E-state index is 9.91. The number of hydrogen-bond acceptors (Lipinski definition) is 5. The van der Waals surface area contributed by atoms with Gasteiger partial charge in [-0.1, -0.05) is 18.0 Å². The Morgan fingerprint density at radius 2 is 2.12 bits per heavy atom. The van der Waals surface area contributed by atoms with Crippen molar-refractivity contribution in [2.24, 2.45) is 0 Å². The zero-order chi connectivity index (χ0) is 12.3. The molecule has 1 saturated carbocycles. The SMILES string of the molecule is CN(C)CCc1noc(C2CCCCC2O)n1. The largest absolute Gasteiger partial charge is 0.392 e. The summed E-state index contributed by atoms with van der Waals surface area (Å²) < 4.78 is 5.27. The van der Waals surface area contributed by atoms with E-state index in [-0.39, 0.29) is 12.0 Å². The molecule has 1 aliphatic carbocycles. The van der Waals surface area contributed by atoms with Gasteiger partial charge in [0.25, 0.3) is 0 Å². The molecule has 0 bridgehead atoms. The fourth-order valence-electron chi connectivity index (χ4n) is 2.24. The second kappa shape index (κ2) is 5.60. The molecular weight excluding hydrogens is 218 g/mol. The van der Waals surface area contributed by atoms with E-state index in [1.165, 1.54) is 0 Å². The normalized spacial score (nSPS) is 25.4. The lowest BCUT2D eigenvalue weighted by Gasteiger charge is -2.24. The predicted molar refractivity (Wildman–Crippen MR) is 63.8 cm³/mol. The highest BCUT2D eigenvalue weighted by molar-refractivity contribution is 4.99. The van der Waals surface area contributed by atoms with E-state index in [4.69, 9.17) is 4.52 Å². The van der Waals surface area contributed by atoms with E-state index in [9.17, 15) is 5.11 Å². The molecule has 1 N–H and O–H groups in total. The van der Waals surface area contributed by atoms with Crippen LogP contribution in [0, 0.1) is 0 Å². The first-order valence-corrected chi connectivity index (χ1v) is 6.32. The van der Waals surface area contributed by atoms with Crippen LogP contribution in [0.4, 0.5) is 0 Å². The molecule has 2 unspecified atom stereocenters. The van der Waals surface area contributed by atoms with Crippen molar-refractivity contribution in [3.8, 4) is 0 Å². The van der Waals surface area contributed by atoms with E-state index >= 15 is 0 Å². The van der Waals surface area contributed by atoms with Gasteiger partial charge in [-0.05, 0) is 26.9 Å². The first-order valence-electron chi connectivity index (χ1n) is 6.32. The molecule has 0 aliphatic heterocycles. The molecule has 0 amide bonds. The zero-order valence-corrected chi connectivity index (χ0v) is 10.6. The molecule has 1 aromatic heterocycles. The average molecular weight is 239 g/mol. The van der Waals surface area contributed by atoms with Crippen LogP contribution in [-0.4, -0.2) is 46.9 Å². The number of nitrogens with zero attached hydrogens (tertiary/aromatic N) is 3. The summed E-state index contributed by atoms with van der Waals surface area (Å²) in [7, 11) is 4.04. The number of hydrogen-bond donors (Lipinski definition) is 1. The van der Waals surface area contributed by atoms with Crippen LogP contribution in [0.5, 0.6) is 0 Å². The van der Waals surface area contributed by atoms with Crippen LogP contribution in [0.15, 0.2) is 4.52 Å². The Hall–Kier alpha value is -0.940. The van der Waals surface area contributed by atoms with Crippen LogP contribution >= 0.6 is 0 Å². The number of aliphatic hydroxyl groups is 1. The maximum atomic E-state index is 9.91. The fourth-order valence-corrected chi connectivity index (χ4v) is 2.24. The number of aromatic nitrogens is 2. The first kappa shape index (κ1) is 12.5. The summed E-state index contributed by atoms with van der Waals surface area (Å²) in [6.45, 7) is 0.909. The van der Waals surface area contributed by atoms with Crippen molar-refractivity contribution < 1.29 is 9.63 Å². The monoisotopic (exact) mass is 239 g/mol. The van der Waals surface area contributed by atoms with E-state index in [2.05, 4.69) is 15.0 Å². The van der Waals surface area contributed by atoms with E-state index < -0.39 is 0 Å². The summed E-state index contributed by atoms with van der Waals surface area (Å²) in [6.07, 6.45) is 4.51. The highest BCUT2D eigenvalue weighted by Crippen LogP contribution is 2.31. The maximum Gasteiger partial charge on any atom is 0.232 e. The van der Waals surface area contributed by atoms with Crippen LogP contribution in [0.1, 0.15) is 43.3 Å². The van der Waals surface area contributed by atoms with Crippen LogP contribution in [0.3, 0.4) is 0 Å². The fraction of sp³-hybridized carbons (Fsp3) is 0.833. The van der Waals surface area contributed by atoms with Crippen molar-refractivity contribution in [3.63, 3.8) is 0 Å². The van der Waals surface area contributed by atoms with Crippen molar-refractivity contribution >= 4 is 0 Å².